The number of hydrogen-bond acceptors (Lipinski definition) is 0. The van der Waals surface area contributed by atoms with E-state index in [1.54, 1.807) is 0 Å². The molecule has 0 aromatic heterocycles. The predicted octanol–water partition coefficient (Wildman–Crippen LogP) is 4.89. The van der Waals surface area contributed by atoms with Gasteiger partial charge in [0, 0.05) is 0 Å². The topological polar surface area (TPSA) is 0 Å². The Hall–Kier alpha value is 0. The normalized spacial score (nSPS) is 42.0. The van der Waals surface area contributed by atoms with Gasteiger partial charge in [-0.05, 0) is 30.1 Å². The molecule has 2 aliphatic carbocycles. The first-order chi connectivity index (χ1) is 6.59. The second kappa shape index (κ2) is 5.78. The fourth-order valence-electron chi connectivity index (χ4n) is 2.82. The van der Waals surface area contributed by atoms with Gasteiger partial charge in [0.25, 0.3) is 0 Å². The first-order valence-corrected chi connectivity index (χ1v) is 6.59. The van der Waals surface area contributed by atoms with E-state index < -0.39 is 0 Å². The zero-order valence-corrected chi connectivity index (χ0v) is 10.6. The van der Waals surface area contributed by atoms with Crippen molar-refractivity contribution in [3.63, 3.8) is 0 Å². The van der Waals surface area contributed by atoms with Gasteiger partial charge in [-0.3, -0.25) is 0 Å². The molecule has 0 bridgehead atoms. The lowest BCUT2D eigenvalue weighted by molar-refractivity contribution is 0.457. The van der Waals surface area contributed by atoms with Crippen LogP contribution in [0.2, 0.25) is 0 Å². The Morgan fingerprint density at radius 1 is 0.643 bits per heavy atom. The number of hydrogen-bond donors (Lipinski definition) is 0. The summed E-state index contributed by atoms with van der Waals surface area (Å²) in [5.41, 5.74) is 0. The second-order valence-corrected chi connectivity index (χ2v) is 5.91. The van der Waals surface area contributed by atoms with Crippen LogP contribution in [0.25, 0.3) is 0 Å². The van der Waals surface area contributed by atoms with Gasteiger partial charge >= 0.3 is 0 Å². The fourth-order valence-corrected chi connectivity index (χ4v) is 2.82. The van der Waals surface area contributed by atoms with Crippen LogP contribution in [0.4, 0.5) is 0 Å². The lowest BCUT2D eigenvalue weighted by atomic mass is 10.0. The van der Waals surface area contributed by atoms with Crippen LogP contribution in [0.1, 0.15) is 66.2 Å². The SMILES string of the molecule is CC1CCC(C)C1.CC1CCCC1C. The molecule has 0 aliphatic heterocycles. The summed E-state index contributed by atoms with van der Waals surface area (Å²) in [6.45, 7) is 9.42. The van der Waals surface area contributed by atoms with Crippen LogP contribution in [0.15, 0.2) is 0 Å². The van der Waals surface area contributed by atoms with Gasteiger partial charge in [0.2, 0.25) is 0 Å². The summed E-state index contributed by atoms with van der Waals surface area (Å²) in [6.07, 6.45) is 8.84. The lowest BCUT2D eigenvalue weighted by Gasteiger charge is -2.05. The van der Waals surface area contributed by atoms with Crippen molar-refractivity contribution < 1.29 is 0 Å². The van der Waals surface area contributed by atoms with Crippen molar-refractivity contribution in [1.82, 2.24) is 0 Å². The Morgan fingerprint density at radius 3 is 1.21 bits per heavy atom. The Bertz CT molecular complexity index is 134. The first-order valence-electron chi connectivity index (χ1n) is 6.59. The minimum absolute atomic E-state index is 1.01. The molecule has 0 amide bonds. The molecule has 0 heterocycles. The largest absolute Gasteiger partial charge is 0.0625 e. The van der Waals surface area contributed by atoms with Crippen LogP contribution in [0.5, 0.6) is 0 Å². The molecule has 0 aromatic rings. The Balaban J connectivity index is 0.000000140. The maximum Gasteiger partial charge on any atom is -0.0417 e. The van der Waals surface area contributed by atoms with E-state index in [2.05, 4.69) is 27.7 Å². The van der Waals surface area contributed by atoms with Crippen molar-refractivity contribution >= 4 is 0 Å². The van der Waals surface area contributed by atoms with Crippen molar-refractivity contribution in [2.24, 2.45) is 23.7 Å². The van der Waals surface area contributed by atoms with E-state index in [1.165, 1.54) is 38.5 Å². The van der Waals surface area contributed by atoms with Gasteiger partial charge in [-0.1, -0.05) is 59.8 Å². The Morgan fingerprint density at radius 2 is 1.07 bits per heavy atom. The predicted molar refractivity (Wildman–Crippen MR) is 64.4 cm³/mol. The van der Waals surface area contributed by atoms with Crippen molar-refractivity contribution in [3.05, 3.63) is 0 Å². The van der Waals surface area contributed by atoms with Gasteiger partial charge in [0.15, 0.2) is 0 Å². The van der Waals surface area contributed by atoms with Crippen LogP contribution in [-0.2, 0) is 0 Å². The van der Waals surface area contributed by atoms with E-state index in [0.29, 0.717) is 0 Å². The minimum atomic E-state index is 1.01. The molecular formula is C14H28. The molecular weight excluding hydrogens is 168 g/mol. The lowest BCUT2D eigenvalue weighted by Crippen LogP contribution is -1.95. The third-order valence-corrected chi connectivity index (χ3v) is 4.25. The van der Waals surface area contributed by atoms with Gasteiger partial charge in [-0.2, -0.15) is 0 Å². The summed E-state index contributed by atoms with van der Waals surface area (Å²) < 4.78 is 0. The Kier molecular flexibility index (Phi) is 4.98. The highest BCUT2D eigenvalue weighted by atomic mass is 14.2. The standard InChI is InChI=1S/2C7H14/c1-6-3-4-7(2)5-6;1-6-4-3-5-7(6)2/h2*6-7H,3-5H2,1-2H3. The van der Waals surface area contributed by atoms with E-state index >= 15 is 0 Å². The molecule has 2 rings (SSSR count). The van der Waals surface area contributed by atoms with Gasteiger partial charge in [-0.15, -0.1) is 0 Å². The summed E-state index contributed by atoms with van der Waals surface area (Å²) in [5, 5.41) is 0. The zero-order valence-electron chi connectivity index (χ0n) is 10.6. The van der Waals surface area contributed by atoms with Crippen molar-refractivity contribution in [2.45, 2.75) is 66.2 Å². The third-order valence-electron chi connectivity index (χ3n) is 4.25. The van der Waals surface area contributed by atoms with Crippen LogP contribution >= 0.6 is 0 Å². The van der Waals surface area contributed by atoms with Crippen LogP contribution in [0.3, 0.4) is 0 Å². The smallest absolute Gasteiger partial charge is 0.0417 e. The van der Waals surface area contributed by atoms with Crippen LogP contribution in [0, 0.1) is 23.7 Å². The van der Waals surface area contributed by atoms with Gasteiger partial charge in [-0.25, -0.2) is 0 Å². The fraction of sp³-hybridized carbons (Fsp3) is 1.00. The molecule has 14 heavy (non-hydrogen) atoms. The minimum Gasteiger partial charge on any atom is -0.0625 e. The van der Waals surface area contributed by atoms with E-state index in [0.717, 1.165) is 23.7 Å². The monoisotopic (exact) mass is 196 g/mol. The Labute approximate surface area is 90.5 Å². The quantitative estimate of drug-likeness (QED) is 0.518. The van der Waals surface area contributed by atoms with Gasteiger partial charge in [0.1, 0.15) is 0 Å². The van der Waals surface area contributed by atoms with E-state index in [9.17, 15) is 0 Å². The van der Waals surface area contributed by atoms with Crippen molar-refractivity contribution in [3.8, 4) is 0 Å². The van der Waals surface area contributed by atoms with Gasteiger partial charge in [0.05, 0.1) is 0 Å². The molecule has 0 heteroatoms. The summed E-state index contributed by atoms with van der Waals surface area (Å²) in [4.78, 5) is 0. The number of rotatable bonds is 0. The highest BCUT2D eigenvalue weighted by molar-refractivity contribution is 4.69. The third kappa shape index (κ3) is 4.02. The molecule has 84 valence electrons. The molecule has 0 radical (unpaired) electrons. The van der Waals surface area contributed by atoms with Crippen molar-refractivity contribution in [2.75, 3.05) is 0 Å². The summed E-state index contributed by atoms with van der Waals surface area (Å²) >= 11 is 0. The molecule has 2 saturated carbocycles. The summed E-state index contributed by atoms with van der Waals surface area (Å²) in [6, 6.07) is 0. The van der Waals surface area contributed by atoms with E-state index in [1.807, 2.05) is 0 Å². The second-order valence-electron chi connectivity index (χ2n) is 5.91. The van der Waals surface area contributed by atoms with E-state index in [-0.39, 0.29) is 0 Å². The maximum atomic E-state index is 2.36. The molecule has 2 fully saturated rings. The van der Waals surface area contributed by atoms with Gasteiger partial charge < -0.3 is 0 Å². The van der Waals surface area contributed by atoms with Crippen molar-refractivity contribution in [1.29, 1.82) is 0 Å². The average molecular weight is 196 g/mol. The molecule has 4 atom stereocenters. The first kappa shape index (κ1) is 12.1. The molecule has 0 nitrogen and oxygen atoms in total. The molecule has 4 unspecified atom stereocenters. The van der Waals surface area contributed by atoms with E-state index in [4.69, 9.17) is 0 Å². The molecule has 2 aliphatic rings. The maximum absolute atomic E-state index is 2.36. The average Bonchev–Trinajstić information content (AvgIpc) is 2.65. The summed E-state index contributed by atoms with van der Waals surface area (Å²) in [5.74, 6) is 4.07. The highest BCUT2D eigenvalue weighted by Crippen LogP contribution is 2.30. The molecule has 0 saturated heterocycles. The molecule has 0 spiro atoms. The molecule has 0 N–H and O–H groups in total. The van der Waals surface area contributed by atoms with Crippen LogP contribution in [-0.4, -0.2) is 0 Å². The zero-order chi connectivity index (χ0) is 10.6. The highest BCUT2D eigenvalue weighted by Gasteiger charge is 2.17. The van der Waals surface area contributed by atoms with Crippen LogP contribution < -0.4 is 0 Å². The molecule has 0 aromatic carbocycles. The summed E-state index contributed by atoms with van der Waals surface area (Å²) in [7, 11) is 0.